The average Bonchev–Trinajstić information content (AvgIpc) is 2.96. The minimum absolute atomic E-state index is 0.00652. The fourth-order valence-corrected chi connectivity index (χ4v) is 2.72. The van der Waals surface area contributed by atoms with E-state index in [1.807, 2.05) is 13.8 Å². The minimum atomic E-state index is 0.00652. The molecule has 1 N–H and O–H groups in total. The standard InChI is InChI=1S/C16H22N4O/c1-12(16-18-13(2)19-21-16)17-14-6-8-15(9-7-14)20-10-4-3-5-11-20/h6-9,12,17H,3-5,10-11H2,1-2H3. The van der Waals surface area contributed by atoms with Crippen LogP contribution < -0.4 is 10.2 Å². The van der Waals surface area contributed by atoms with Crippen LogP contribution in [0.4, 0.5) is 11.4 Å². The van der Waals surface area contributed by atoms with Gasteiger partial charge in [-0.15, -0.1) is 0 Å². The van der Waals surface area contributed by atoms with Crippen molar-refractivity contribution in [1.29, 1.82) is 0 Å². The molecule has 1 aliphatic rings. The van der Waals surface area contributed by atoms with Crippen molar-refractivity contribution in [2.45, 2.75) is 39.2 Å². The van der Waals surface area contributed by atoms with Crippen molar-refractivity contribution >= 4 is 11.4 Å². The van der Waals surface area contributed by atoms with Gasteiger partial charge in [0.15, 0.2) is 5.82 Å². The number of nitrogens with one attached hydrogen (secondary N) is 1. The zero-order valence-electron chi connectivity index (χ0n) is 12.7. The second-order valence-electron chi connectivity index (χ2n) is 5.64. The third kappa shape index (κ3) is 3.35. The molecule has 1 saturated heterocycles. The Balaban J connectivity index is 1.63. The Morgan fingerprint density at radius 1 is 1.14 bits per heavy atom. The molecule has 5 heteroatoms. The van der Waals surface area contributed by atoms with Crippen molar-refractivity contribution in [3.05, 3.63) is 36.0 Å². The molecule has 3 rings (SSSR count). The first-order valence-corrected chi connectivity index (χ1v) is 7.64. The third-order valence-corrected chi connectivity index (χ3v) is 3.89. The second-order valence-corrected chi connectivity index (χ2v) is 5.64. The van der Waals surface area contributed by atoms with E-state index in [1.165, 1.54) is 38.0 Å². The number of anilines is 2. The summed E-state index contributed by atoms with van der Waals surface area (Å²) in [5.41, 5.74) is 2.38. The lowest BCUT2D eigenvalue weighted by Gasteiger charge is -2.29. The Bertz CT molecular complexity index is 572. The lowest BCUT2D eigenvalue weighted by Crippen LogP contribution is -2.29. The number of piperidine rings is 1. The van der Waals surface area contributed by atoms with Gasteiger partial charge in [0, 0.05) is 24.5 Å². The highest BCUT2D eigenvalue weighted by Gasteiger charge is 2.13. The summed E-state index contributed by atoms with van der Waals surface area (Å²) in [6.07, 6.45) is 3.96. The Morgan fingerprint density at radius 3 is 2.48 bits per heavy atom. The van der Waals surface area contributed by atoms with E-state index in [-0.39, 0.29) is 6.04 Å². The summed E-state index contributed by atoms with van der Waals surface area (Å²) < 4.78 is 5.19. The van der Waals surface area contributed by atoms with E-state index in [1.54, 1.807) is 0 Å². The Kier molecular flexibility index (Phi) is 4.08. The van der Waals surface area contributed by atoms with Crippen molar-refractivity contribution in [3.8, 4) is 0 Å². The Morgan fingerprint density at radius 2 is 1.86 bits per heavy atom. The van der Waals surface area contributed by atoms with Gasteiger partial charge in [-0.1, -0.05) is 5.16 Å². The van der Waals surface area contributed by atoms with E-state index in [0.29, 0.717) is 11.7 Å². The highest BCUT2D eigenvalue weighted by Crippen LogP contribution is 2.24. The Labute approximate surface area is 125 Å². The lowest BCUT2D eigenvalue weighted by molar-refractivity contribution is 0.364. The second kappa shape index (κ2) is 6.16. The summed E-state index contributed by atoms with van der Waals surface area (Å²) >= 11 is 0. The van der Waals surface area contributed by atoms with Crippen molar-refractivity contribution in [1.82, 2.24) is 10.1 Å². The Hall–Kier alpha value is -2.04. The fraction of sp³-hybridized carbons (Fsp3) is 0.500. The van der Waals surface area contributed by atoms with Gasteiger partial charge in [-0.2, -0.15) is 4.98 Å². The molecule has 5 nitrogen and oxygen atoms in total. The van der Waals surface area contributed by atoms with E-state index in [2.05, 4.69) is 44.6 Å². The molecule has 1 unspecified atom stereocenters. The smallest absolute Gasteiger partial charge is 0.248 e. The zero-order chi connectivity index (χ0) is 14.7. The summed E-state index contributed by atoms with van der Waals surface area (Å²) in [6.45, 7) is 6.19. The van der Waals surface area contributed by atoms with E-state index in [4.69, 9.17) is 4.52 Å². The van der Waals surface area contributed by atoms with Crippen LogP contribution in [0.5, 0.6) is 0 Å². The van der Waals surface area contributed by atoms with Crippen LogP contribution in [-0.2, 0) is 0 Å². The highest BCUT2D eigenvalue weighted by molar-refractivity contribution is 5.55. The van der Waals surface area contributed by atoms with E-state index >= 15 is 0 Å². The molecular formula is C16H22N4O. The summed E-state index contributed by atoms with van der Waals surface area (Å²) in [7, 11) is 0. The normalized spacial score (nSPS) is 16.8. The van der Waals surface area contributed by atoms with Gasteiger partial charge >= 0.3 is 0 Å². The van der Waals surface area contributed by atoms with Crippen molar-refractivity contribution < 1.29 is 4.52 Å². The number of nitrogens with zero attached hydrogens (tertiary/aromatic N) is 3. The molecule has 0 radical (unpaired) electrons. The number of hydrogen-bond acceptors (Lipinski definition) is 5. The fourth-order valence-electron chi connectivity index (χ4n) is 2.72. The number of aryl methyl sites for hydroxylation is 1. The third-order valence-electron chi connectivity index (χ3n) is 3.89. The molecule has 1 aromatic heterocycles. The van der Waals surface area contributed by atoms with E-state index in [0.717, 1.165) is 5.69 Å². The first-order chi connectivity index (χ1) is 10.2. The predicted octanol–water partition coefficient (Wildman–Crippen LogP) is 3.54. The lowest BCUT2D eigenvalue weighted by atomic mass is 10.1. The van der Waals surface area contributed by atoms with Gasteiger partial charge in [-0.3, -0.25) is 0 Å². The monoisotopic (exact) mass is 286 g/mol. The van der Waals surface area contributed by atoms with Crippen LogP contribution in [0.25, 0.3) is 0 Å². The van der Waals surface area contributed by atoms with Crippen molar-refractivity contribution in [3.63, 3.8) is 0 Å². The van der Waals surface area contributed by atoms with Gasteiger partial charge in [0.25, 0.3) is 0 Å². The molecular weight excluding hydrogens is 264 g/mol. The molecule has 1 fully saturated rings. The molecule has 1 aromatic carbocycles. The van der Waals surface area contributed by atoms with Gasteiger partial charge in [0.1, 0.15) is 6.04 Å². The summed E-state index contributed by atoms with van der Waals surface area (Å²) in [5, 5.41) is 7.21. The van der Waals surface area contributed by atoms with Gasteiger partial charge in [-0.05, 0) is 57.4 Å². The first kappa shape index (κ1) is 13.9. The summed E-state index contributed by atoms with van der Waals surface area (Å²) in [5.74, 6) is 1.28. The molecule has 1 atom stereocenters. The van der Waals surface area contributed by atoms with Crippen molar-refractivity contribution in [2.75, 3.05) is 23.3 Å². The minimum Gasteiger partial charge on any atom is -0.374 e. The summed E-state index contributed by atoms with van der Waals surface area (Å²) in [4.78, 5) is 6.71. The highest BCUT2D eigenvalue weighted by atomic mass is 16.5. The van der Waals surface area contributed by atoms with Gasteiger partial charge in [-0.25, -0.2) is 0 Å². The molecule has 0 aliphatic carbocycles. The first-order valence-electron chi connectivity index (χ1n) is 7.64. The number of rotatable bonds is 4. The quantitative estimate of drug-likeness (QED) is 0.931. The summed E-state index contributed by atoms with van der Waals surface area (Å²) in [6, 6.07) is 8.60. The molecule has 0 amide bonds. The molecule has 21 heavy (non-hydrogen) atoms. The van der Waals surface area contributed by atoms with Crippen LogP contribution in [0.3, 0.4) is 0 Å². The molecule has 0 spiro atoms. The molecule has 0 saturated carbocycles. The predicted molar refractivity (Wildman–Crippen MR) is 83.6 cm³/mol. The molecule has 112 valence electrons. The van der Waals surface area contributed by atoms with Crippen LogP contribution in [0.15, 0.2) is 28.8 Å². The molecule has 2 aromatic rings. The van der Waals surface area contributed by atoms with E-state index in [9.17, 15) is 0 Å². The van der Waals surface area contributed by atoms with Crippen LogP contribution in [0.2, 0.25) is 0 Å². The largest absolute Gasteiger partial charge is 0.374 e. The maximum Gasteiger partial charge on any atom is 0.248 e. The number of benzene rings is 1. The van der Waals surface area contributed by atoms with Crippen LogP contribution >= 0.6 is 0 Å². The van der Waals surface area contributed by atoms with Crippen LogP contribution in [0.1, 0.15) is 43.9 Å². The van der Waals surface area contributed by atoms with Crippen LogP contribution in [-0.4, -0.2) is 23.2 Å². The average molecular weight is 286 g/mol. The van der Waals surface area contributed by atoms with Crippen LogP contribution in [0, 0.1) is 6.92 Å². The van der Waals surface area contributed by atoms with E-state index < -0.39 is 0 Å². The molecule has 1 aliphatic heterocycles. The maximum absolute atomic E-state index is 5.19. The van der Waals surface area contributed by atoms with Gasteiger partial charge in [0.2, 0.25) is 5.89 Å². The maximum atomic E-state index is 5.19. The van der Waals surface area contributed by atoms with Gasteiger partial charge < -0.3 is 14.7 Å². The zero-order valence-corrected chi connectivity index (χ0v) is 12.7. The number of hydrogen-bond donors (Lipinski definition) is 1. The van der Waals surface area contributed by atoms with Crippen molar-refractivity contribution in [2.24, 2.45) is 0 Å². The van der Waals surface area contributed by atoms with Gasteiger partial charge in [0.05, 0.1) is 0 Å². The SMILES string of the molecule is Cc1noc(C(C)Nc2ccc(N3CCCCC3)cc2)n1. The topological polar surface area (TPSA) is 54.2 Å². The molecule has 2 heterocycles. The molecule has 0 bridgehead atoms. The number of aromatic nitrogens is 2.